The first-order chi connectivity index (χ1) is 14.1. The Balaban J connectivity index is 1.58. The summed E-state index contributed by atoms with van der Waals surface area (Å²) in [4.78, 5) is 27.2. The van der Waals surface area contributed by atoms with Gasteiger partial charge in [-0.05, 0) is 29.7 Å². The van der Waals surface area contributed by atoms with Crippen LogP contribution in [0.25, 0.3) is 0 Å². The molecule has 2 amide bonds. The number of aryl methyl sites for hydroxylation is 1. The fourth-order valence-electron chi connectivity index (χ4n) is 3.64. The summed E-state index contributed by atoms with van der Waals surface area (Å²) in [6.45, 7) is 2.51. The topological polar surface area (TPSA) is 83.8 Å². The van der Waals surface area contributed by atoms with Gasteiger partial charge in [0.1, 0.15) is 0 Å². The zero-order valence-electron chi connectivity index (χ0n) is 16.5. The molecule has 2 atom stereocenters. The van der Waals surface area contributed by atoms with Crippen LogP contribution in [0.3, 0.4) is 0 Å². The van der Waals surface area contributed by atoms with Gasteiger partial charge in [0.15, 0.2) is 23.6 Å². The number of hydrogen-bond acceptors (Lipinski definition) is 7. The highest BCUT2D eigenvalue weighted by Crippen LogP contribution is 2.36. The average Bonchev–Trinajstić information content (AvgIpc) is 3.27. The van der Waals surface area contributed by atoms with E-state index in [2.05, 4.69) is 29.4 Å². The molecule has 8 nitrogen and oxygen atoms in total. The molecule has 2 aromatic carbocycles. The van der Waals surface area contributed by atoms with E-state index in [0.717, 1.165) is 16.9 Å². The SMILES string of the molecule is CCc1ccc(CN2N=N[C@H]3C(=O)N(c4ccc(OC)c(OC)c4)C(=O)[C@H]32)cc1. The second kappa shape index (κ2) is 7.54. The summed E-state index contributed by atoms with van der Waals surface area (Å²) in [5.74, 6) is 0.228. The molecule has 0 radical (unpaired) electrons. The molecule has 2 heterocycles. The Kier molecular flexibility index (Phi) is 4.92. The number of rotatable bonds is 6. The van der Waals surface area contributed by atoms with Gasteiger partial charge in [-0.15, -0.1) is 0 Å². The minimum Gasteiger partial charge on any atom is -0.493 e. The molecule has 0 aromatic heterocycles. The summed E-state index contributed by atoms with van der Waals surface area (Å²) in [5.41, 5.74) is 2.67. The third kappa shape index (κ3) is 3.20. The Hall–Kier alpha value is -3.42. The van der Waals surface area contributed by atoms with Gasteiger partial charge in [-0.25, -0.2) is 4.90 Å². The highest BCUT2D eigenvalue weighted by molar-refractivity contribution is 6.25. The number of imide groups is 1. The van der Waals surface area contributed by atoms with Gasteiger partial charge in [-0.3, -0.25) is 14.6 Å². The number of hydrogen-bond donors (Lipinski definition) is 0. The van der Waals surface area contributed by atoms with Crippen molar-refractivity contribution in [1.29, 1.82) is 0 Å². The van der Waals surface area contributed by atoms with Gasteiger partial charge in [0.2, 0.25) is 0 Å². The number of anilines is 1. The predicted molar refractivity (Wildman–Crippen MR) is 106 cm³/mol. The molecular formula is C21H22N4O4. The van der Waals surface area contributed by atoms with Crippen molar-refractivity contribution in [3.63, 3.8) is 0 Å². The third-order valence-electron chi connectivity index (χ3n) is 5.26. The summed E-state index contributed by atoms with van der Waals surface area (Å²) in [6, 6.07) is 11.5. The Labute approximate surface area is 168 Å². The van der Waals surface area contributed by atoms with Crippen molar-refractivity contribution in [3.05, 3.63) is 53.6 Å². The molecule has 29 heavy (non-hydrogen) atoms. The van der Waals surface area contributed by atoms with Crippen LogP contribution < -0.4 is 14.4 Å². The lowest BCUT2D eigenvalue weighted by atomic mass is 10.1. The van der Waals surface area contributed by atoms with E-state index in [1.54, 1.807) is 23.2 Å². The second-order valence-electron chi connectivity index (χ2n) is 6.91. The lowest BCUT2D eigenvalue weighted by Crippen LogP contribution is -2.39. The summed E-state index contributed by atoms with van der Waals surface area (Å²) < 4.78 is 10.5. The lowest BCUT2D eigenvalue weighted by molar-refractivity contribution is -0.123. The number of carbonyl (C=O) groups is 2. The van der Waals surface area contributed by atoms with E-state index in [4.69, 9.17) is 9.47 Å². The Morgan fingerprint density at radius 1 is 0.931 bits per heavy atom. The van der Waals surface area contributed by atoms with Crippen molar-refractivity contribution in [1.82, 2.24) is 5.01 Å². The molecule has 0 bridgehead atoms. The van der Waals surface area contributed by atoms with Crippen molar-refractivity contribution in [2.24, 2.45) is 10.3 Å². The maximum atomic E-state index is 13.1. The molecule has 2 aliphatic heterocycles. The van der Waals surface area contributed by atoms with E-state index < -0.39 is 12.1 Å². The first kappa shape index (κ1) is 18.9. The normalized spacial score (nSPS) is 20.4. The Morgan fingerprint density at radius 2 is 1.62 bits per heavy atom. The average molecular weight is 394 g/mol. The molecule has 0 spiro atoms. The van der Waals surface area contributed by atoms with E-state index in [9.17, 15) is 9.59 Å². The molecular weight excluding hydrogens is 372 g/mol. The smallest absolute Gasteiger partial charge is 0.263 e. The van der Waals surface area contributed by atoms with Crippen molar-refractivity contribution < 1.29 is 19.1 Å². The zero-order chi connectivity index (χ0) is 20.5. The van der Waals surface area contributed by atoms with Crippen LogP contribution in [-0.2, 0) is 22.6 Å². The van der Waals surface area contributed by atoms with Crippen LogP contribution >= 0.6 is 0 Å². The predicted octanol–water partition coefficient (Wildman–Crippen LogP) is 2.76. The van der Waals surface area contributed by atoms with E-state index in [-0.39, 0.29) is 11.8 Å². The van der Waals surface area contributed by atoms with Crippen LogP contribution in [-0.4, -0.2) is 43.1 Å². The number of ether oxygens (including phenoxy) is 2. The summed E-state index contributed by atoms with van der Waals surface area (Å²) in [6.07, 6.45) is 0.960. The third-order valence-corrected chi connectivity index (χ3v) is 5.26. The lowest BCUT2D eigenvalue weighted by Gasteiger charge is -2.21. The molecule has 0 saturated carbocycles. The number of amides is 2. The fraction of sp³-hybridized carbons (Fsp3) is 0.333. The van der Waals surface area contributed by atoms with Gasteiger partial charge in [-0.1, -0.05) is 36.4 Å². The largest absolute Gasteiger partial charge is 0.493 e. The van der Waals surface area contributed by atoms with E-state index in [1.807, 2.05) is 12.1 Å². The molecule has 150 valence electrons. The van der Waals surface area contributed by atoms with Gasteiger partial charge in [0.05, 0.1) is 26.5 Å². The number of benzene rings is 2. The second-order valence-corrected chi connectivity index (χ2v) is 6.91. The van der Waals surface area contributed by atoms with E-state index in [1.165, 1.54) is 19.8 Å². The van der Waals surface area contributed by atoms with Crippen molar-refractivity contribution in [2.45, 2.75) is 32.0 Å². The monoisotopic (exact) mass is 394 g/mol. The molecule has 2 aromatic rings. The maximum Gasteiger partial charge on any atom is 0.263 e. The van der Waals surface area contributed by atoms with Crippen LogP contribution in [0.15, 0.2) is 52.8 Å². The molecule has 2 aliphatic rings. The standard InChI is InChI=1S/C21H22N4O4/c1-4-13-5-7-14(8-6-13)12-24-19-18(22-23-24)20(26)25(21(19)27)15-9-10-16(28-2)17(11-15)29-3/h5-11,18-19H,4,12H2,1-3H3/t18-,19+/m1/s1. The van der Waals surface area contributed by atoms with Crippen LogP contribution in [0.5, 0.6) is 11.5 Å². The van der Waals surface area contributed by atoms with E-state index in [0.29, 0.717) is 23.7 Å². The minimum atomic E-state index is -0.828. The van der Waals surface area contributed by atoms with Gasteiger partial charge in [-0.2, -0.15) is 5.11 Å². The molecule has 0 N–H and O–H groups in total. The van der Waals surface area contributed by atoms with Crippen LogP contribution in [0, 0.1) is 0 Å². The Morgan fingerprint density at radius 3 is 2.28 bits per heavy atom. The number of methoxy groups -OCH3 is 2. The van der Waals surface area contributed by atoms with Gasteiger partial charge in [0, 0.05) is 6.07 Å². The molecule has 0 aliphatic carbocycles. The summed E-state index contributed by atoms with van der Waals surface area (Å²) in [7, 11) is 3.03. The van der Waals surface area contributed by atoms with E-state index >= 15 is 0 Å². The number of carbonyl (C=O) groups excluding carboxylic acids is 2. The zero-order valence-corrected chi connectivity index (χ0v) is 16.5. The Bertz CT molecular complexity index is 973. The number of nitrogens with zero attached hydrogens (tertiary/aromatic N) is 4. The van der Waals surface area contributed by atoms with Gasteiger partial charge < -0.3 is 9.47 Å². The summed E-state index contributed by atoms with van der Waals surface area (Å²) in [5, 5.41) is 9.76. The number of fused-ring (bicyclic) bond motifs is 1. The minimum absolute atomic E-state index is 0.345. The maximum absolute atomic E-state index is 13.1. The van der Waals surface area contributed by atoms with Gasteiger partial charge in [0.25, 0.3) is 11.8 Å². The van der Waals surface area contributed by atoms with Crippen LogP contribution in [0.2, 0.25) is 0 Å². The quantitative estimate of drug-likeness (QED) is 0.704. The van der Waals surface area contributed by atoms with Crippen molar-refractivity contribution in [3.8, 4) is 11.5 Å². The summed E-state index contributed by atoms with van der Waals surface area (Å²) >= 11 is 0. The molecule has 1 fully saturated rings. The molecule has 1 saturated heterocycles. The van der Waals surface area contributed by atoms with Crippen LogP contribution in [0.4, 0.5) is 5.69 Å². The van der Waals surface area contributed by atoms with Gasteiger partial charge >= 0.3 is 0 Å². The highest BCUT2D eigenvalue weighted by atomic mass is 16.5. The van der Waals surface area contributed by atoms with Crippen LogP contribution in [0.1, 0.15) is 18.1 Å². The molecule has 0 unspecified atom stereocenters. The fourth-order valence-corrected chi connectivity index (χ4v) is 3.64. The molecule has 8 heteroatoms. The van der Waals surface area contributed by atoms with Crippen molar-refractivity contribution in [2.75, 3.05) is 19.1 Å². The first-order valence-corrected chi connectivity index (χ1v) is 9.42. The first-order valence-electron chi connectivity index (χ1n) is 9.42. The molecule has 4 rings (SSSR count). The van der Waals surface area contributed by atoms with Crippen molar-refractivity contribution >= 4 is 17.5 Å². The highest BCUT2D eigenvalue weighted by Gasteiger charge is 2.54.